The molecule has 0 bridgehead atoms. The predicted octanol–water partition coefficient (Wildman–Crippen LogP) is 6.07. The Kier molecular flexibility index (Phi) is 9.61. The van der Waals surface area contributed by atoms with Gasteiger partial charge in [-0.15, -0.1) is 0 Å². The van der Waals surface area contributed by atoms with Crippen molar-refractivity contribution in [1.82, 2.24) is 24.3 Å². The third-order valence-electron chi connectivity index (χ3n) is 11.6. The molecule has 0 N–H and O–H groups in total. The van der Waals surface area contributed by atoms with Gasteiger partial charge in [-0.1, -0.05) is 30.8 Å². The summed E-state index contributed by atoms with van der Waals surface area (Å²) >= 11 is 0. The first-order chi connectivity index (χ1) is 26.7. The number of anilines is 2. The number of ether oxygens (including phenoxy) is 1. The van der Waals surface area contributed by atoms with Gasteiger partial charge < -0.3 is 28.9 Å². The van der Waals surface area contributed by atoms with Gasteiger partial charge in [0.2, 0.25) is 11.8 Å². The van der Waals surface area contributed by atoms with Crippen molar-refractivity contribution in [3.8, 4) is 28.8 Å². The summed E-state index contributed by atoms with van der Waals surface area (Å²) in [6.07, 6.45) is 4.92. The number of hydrogen-bond acceptors (Lipinski definition) is 9. The number of aryl methyl sites for hydroxylation is 3. The zero-order valence-corrected chi connectivity index (χ0v) is 32.0. The summed E-state index contributed by atoms with van der Waals surface area (Å²) in [4.78, 5) is 44.8. The van der Waals surface area contributed by atoms with E-state index in [-0.39, 0.29) is 23.9 Å². The van der Waals surface area contributed by atoms with Crippen LogP contribution in [0.1, 0.15) is 39.9 Å². The Labute approximate surface area is 321 Å². The quantitative estimate of drug-likeness (QED) is 0.184. The highest BCUT2D eigenvalue weighted by Crippen LogP contribution is 2.46. The molecule has 2 aromatic carbocycles. The standard InChI is InChI=1S/C44H46N8O3/c1-6-38(53)52-24-23-51(26-32(52)15-19-45)43-34-18-22-50(36-11-7-9-30-13-14-39(54)49(5)42(30)36)27-35(34)41(40-28(2)16-20-46-29(40)3)44(47-43)55-37-12-8-10-31-25-48(4)21-17-33(31)37/h6-14,16,20,32H,1,15,17-18,21-27H2,2-5H3/t32-/m0/s1. The lowest BCUT2D eigenvalue weighted by atomic mass is 9.89. The SMILES string of the molecule is C=CC(=O)N1CCN(c2nc(Oc3cccc4c3CCN(C)C4)c(-c3c(C)ccnc3C)c3c2CCN(c2cccc4ccc(=O)n(C)c24)C3)C[C@@H]1CC#N. The van der Waals surface area contributed by atoms with Crippen molar-refractivity contribution < 1.29 is 9.53 Å². The molecule has 0 spiro atoms. The first-order valence-electron chi connectivity index (χ1n) is 19.0. The molecule has 1 saturated heterocycles. The molecule has 55 heavy (non-hydrogen) atoms. The summed E-state index contributed by atoms with van der Waals surface area (Å²) in [5.74, 6) is 1.95. The molecular formula is C44H46N8O3. The van der Waals surface area contributed by atoms with Crippen molar-refractivity contribution in [1.29, 1.82) is 5.26 Å². The highest BCUT2D eigenvalue weighted by atomic mass is 16.5. The fourth-order valence-corrected chi connectivity index (χ4v) is 8.80. The summed E-state index contributed by atoms with van der Waals surface area (Å²) in [5.41, 5.74) is 10.3. The maximum absolute atomic E-state index is 13.0. The number of piperazine rings is 1. The molecule has 1 amide bonds. The third-order valence-corrected chi connectivity index (χ3v) is 11.6. The summed E-state index contributed by atoms with van der Waals surface area (Å²) in [6, 6.07) is 20.0. The van der Waals surface area contributed by atoms with E-state index in [0.717, 1.165) is 81.2 Å². The van der Waals surface area contributed by atoms with Crippen LogP contribution in [0.3, 0.4) is 0 Å². The second-order valence-corrected chi connectivity index (χ2v) is 15.0. The number of rotatable bonds is 7. The van der Waals surface area contributed by atoms with E-state index in [1.54, 1.807) is 15.5 Å². The van der Waals surface area contributed by atoms with Gasteiger partial charge in [0.25, 0.3) is 5.56 Å². The second kappa shape index (κ2) is 14.7. The van der Waals surface area contributed by atoms with Crippen LogP contribution in [0.4, 0.5) is 11.5 Å². The molecule has 11 heteroatoms. The van der Waals surface area contributed by atoms with Crippen molar-refractivity contribution in [3.63, 3.8) is 0 Å². The van der Waals surface area contributed by atoms with E-state index < -0.39 is 0 Å². The lowest BCUT2D eigenvalue weighted by molar-refractivity contribution is -0.128. The average Bonchev–Trinajstić information content (AvgIpc) is 3.19. The molecule has 8 rings (SSSR count). The number of carbonyl (C=O) groups excluding carboxylic acids is 1. The molecule has 0 aliphatic carbocycles. The lowest BCUT2D eigenvalue weighted by Gasteiger charge is -2.43. The van der Waals surface area contributed by atoms with Crippen LogP contribution in [0, 0.1) is 25.2 Å². The Balaban J connectivity index is 1.35. The van der Waals surface area contributed by atoms with Crippen molar-refractivity contribution >= 4 is 28.3 Å². The molecule has 0 saturated carbocycles. The number of para-hydroxylation sites is 1. The number of carbonyl (C=O) groups is 1. The van der Waals surface area contributed by atoms with Gasteiger partial charge >= 0.3 is 0 Å². The zero-order chi connectivity index (χ0) is 38.4. The van der Waals surface area contributed by atoms with Crippen LogP contribution in [-0.4, -0.2) is 76.1 Å². The smallest absolute Gasteiger partial charge is 0.250 e. The molecule has 3 aliphatic heterocycles. The summed E-state index contributed by atoms with van der Waals surface area (Å²) in [7, 11) is 3.97. The zero-order valence-electron chi connectivity index (χ0n) is 32.0. The molecular weight excluding hydrogens is 689 g/mol. The number of nitrogens with zero attached hydrogens (tertiary/aromatic N) is 8. The Hall–Kier alpha value is -5.99. The normalized spacial score (nSPS) is 17.1. The molecule has 1 fully saturated rings. The van der Waals surface area contributed by atoms with Crippen LogP contribution in [0.15, 0.2) is 78.2 Å². The van der Waals surface area contributed by atoms with Crippen LogP contribution in [-0.2, 0) is 37.8 Å². The van der Waals surface area contributed by atoms with Gasteiger partial charge in [0.05, 0.1) is 35.3 Å². The van der Waals surface area contributed by atoms with E-state index >= 15 is 0 Å². The number of nitriles is 1. The fraction of sp³-hybridized carbons (Fsp3) is 0.341. The van der Waals surface area contributed by atoms with Crippen molar-refractivity contribution in [2.45, 2.75) is 52.2 Å². The Bertz CT molecular complexity index is 2430. The Morgan fingerprint density at radius 3 is 2.56 bits per heavy atom. The van der Waals surface area contributed by atoms with E-state index in [9.17, 15) is 14.9 Å². The van der Waals surface area contributed by atoms with Gasteiger partial charge in [-0.2, -0.15) is 10.2 Å². The summed E-state index contributed by atoms with van der Waals surface area (Å²) in [6.45, 7) is 12.3. The summed E-state index contributed by atoms with van der Waals surface area (Å²) < 4.78 is 8.86. The molecule has 3 aromatic heterocycles. The van der Waals surface area contributed by atoms with Gasteiger partial charge in [-0.05, 0) is 80.8 Å². The van der Waals surface area contributed by atoms with Crippen molar-refractivity contribution in [2.75, 3.05) is 49.6 Å². The van der Waals surface area contributed by atoms with Gasteiger partial charge in [-0.3, -0.25) is 14.6 Å². The maximum Gasteiger partial charge on any atom is 0.250 e. The van der Waals surface area contributed by atoms with Crippen LogP contribution in [0.25, 0.3) is 22.0 Å². The van der Waals surface area contributed by atoms with E-state index in [1.165, 1.54) is 17.2 Å². The first-order valence-corrected chi connectivity index (χ1v) is 19.0. The molecule has 3 aliphatic rings. The van der Waals surface area contributed by atoms with Gasteiger partial charge in [0.1, 0.15) is 11.6 Å². The number of likely N-dealkylation sites (N-methyl/N-ethyl adjacent to an activating group) is 1. The van der Waals surface area contributed by atoms with Gasteiger partial charge in [0.15, 0.2) is 0 Å². The van der Waals surface area contributed by atoms with Crippen molar-refractivity contribution in [2.24, 2.45) is 7.05 Å². The highest BCUT2D eigenvalue weighted by molar-refractivity contribution is 5.92. The molecule has 1 atom stereocenters. The number of hydrogen-bond donors (Lipinski definition) is 0. The van der Waals surface area contributed by atoms with E-state index in [2.05, 4.69) is 65.6 Å². The van der Waals surface area contributed by atoms with E-state index in [4.69, 9.17) is 14.7 Å². The van der Waals surface area contributed by atoms with Gasteiger partial charge in [-0.25, -0.2) is 0 Å². The minimum Gasteiger partial charge on any atom is -0.438 e. The molecule has 0 unspecified atom stereocenters. The minimum absolute atomic E-state index is 0.0554. The van der Waals surface area contributed by atoms with E-state index in [0.29, 0.717) is 45.0 Å². The maximum atomic E-state index is 13.0. The average molecular weight is 735 g/mol. The topological polar surface area (TPSA) is 111 Å². The Morgan fingerprint density at radius 1 is 0.945 bits per heavy atom. The van der Waals surface area contributed by atoms with Crippen LogP contribution < -0.4 is 20.1 Å². The van der Waals surface area contributed by atoms with E-state index in [1.807, 2.05) is 44.4 Å². The molecule has 5 aromatic rings. The largest absolute Gasteiger partial charge is 0.438 e. The highest BCUT2D eigenvalue weighted by Gasteiger charge is 2.36. The number of fused-ring (bicyclic) bond motifs is 3. The third kappa shape index (κ3) is 6.50. The van der Waals surface area contributed by atoms with Crippen LogP contribution in [0.2, 0.25) is 0 Å². The van der Waals surface area contributed by atoms with Gasteiger partial charge in [0, 0.05) is 92.9 Å². The molecule has 0 radical (unpaired) electrons. The number of pyridine rings is 3. The molecule has 280 valence electrons. The predicted molar refractivity (Wildman–Crippen MR) is 216 cm³/mol. The Morgan fingerprint density at radius 2 is 1.76 bits per heavy atom. The molecule has 11 nitrogen and oxygen atoms in total. The first kappa shape index (κ1) is 36.0. The van der Waals surface area contributed by atoms with Crippen molar-refractivity contribution in [3.05, 3.63) is 117 Å². The van der Waals surface area contributed by atoms with Crippen LogP contribution >= 0.6 is 0 Å². The monoisotopic (exact) mass is 734 g/mol. The lowest BCUT2D eigenvalue weighted by Crippen LogP contribution is -2.55. The number of aromatic nitrogens is 3. The number of benzene rings is 2. The second-order valence-electron chi connectivity index (χ2n) is 15.0. The molecule has 6 heterocycles. The number of amides is 1. The summed E-state index contributed by atoms with van der Waals surface area (Å²) in [5, 5.41) is 10.8. The minimum atomic E-state index is -0.316. The van der Waals surface area contributed by atoms with Crippen LogP contribution in [0.5, 0.6) is 11.6 Å². The fourth-order valence-electron chi connectivity index (χ4n) is 8.80.